The maximum Gasteiger partial charge on any atom is 0.222 e. The van der Waals surface area contributed by atoms with Crippen molar-refractivity contribution in [2.75, 3.05) is 16.9 Å². The lowest BCUT2D eigenvalue weighted by Crippen LogP contribution is -2.13. The van der Waals surface area contributed by atoms with Crippen LogP contribution in [-0.4, -0.2) is 9.97 Å². The number of aromatic nitrogens is 2. The van der Waals surface area contributed by atoms with Crippen LogP contribution in [0.15, 0.2) is 22.8 Å². The van der Waals surface area contributed by atoms with Gasteiger partial charge in [-0.3, -0.25) is 0 Å². The van der Waals surface area contributed by atoms with Crippen LogP contribution in [0.5, 0.6) is 0 Å². The fraction of sp³-hybridized carbons (Fsp3) is 0. The Kier molecular flexibility index (Phi) is 2.14. The number of nitrogens with zero attached hydrogens (tertiary/aromatic N) is 2. The Labute approximate surface area is 85.3 Å². The van der Waals surface area contributed by atoms with Crippen molar-refractivity contribution in [2.45, 2.75) is 0 Å². The van der Waals surface area contributed by atoms with Gasteiger partial charge < -0.3 is 21.3 Å². The molecule has 78 valence electrons. The molecule has 2 heterocycles. The normalized spacial score (nSPS) is 10.2. The van der Waals surface area contributed by atoms with E-state index in [0.29, 0.717) is 17.1 Å². The van der Waals surface area contributed by atoms with Gasteiger partial charge in [0.2, 0.25) is 5.95 Å². The molecule has 0 bridgehead atoms. The molecule has 0 saturated heterocycles. The van der Waals surface area contributed by atoms with E-state index in [-0.39, 0.29) is 11.8 Å². The molecule has 2 rings (SSSR count). The molecule has 0 aliphatic rings. The Bertz CT molecular complexity index is 466. The number of nitrogens with one attached hydrogen (secondary N) is 1. The minimum Gasteiger partial charge on any atom is -0.463 e. The first kappa shape index (κ1) is 9.28. The van der Waals surface area contributed by atoms with Crippen molar-refractivity contribution in [3.05, 3.63) is 18.4 Å². The lowest BCUT2D eigenvalue weighted by molar-refractivity contribution is 0.580. The molecule has 0 fully saturated rings. The van der Waals surface area contributed by atoms with Crippen molar-refractivity contribution in [3.8, 4) is 11.5 Å². The van der Waals surface area contributed by atoms with Gasteiger partial charge in [-0.05, 0) is 12.1 Å². The van der Waals surface area contributed by atoms with E-state index in [0.717, 1.165) is 0 Å². The highest BCUT2D eigenvalue weighted by molar-refractivity contribution is 5.78. The fourth-order valence-corrected chi connectivity index (χ4v) is 1.20. The summed E-state index contributed by atoms with van der Waals surface area (Å²) in [6.45, 7) is 0. The molecule has 0 atom stereocenters. The summed E-state index contributed by atoms with van der Waals surface area (Å²) in [6.07, 6.45) is 1.52. The number of nitrogens with two attached hydrogens (primary N) is 3. The number of nitrogen functional groups attached to an aromatic ring is 3. The van der Waals surface area contributed by atoms with Gasteiger partial charge >= 0.3 is 0 Å². The summed E-state index contributed by atoms with van der Waals surface area (Å²) >= 11 is 0. The van der Waals surface area contributed by atoms with E-state index < -0.39 is 0 Å². The van der Waals surface area contributed by atoms with Crippen LogP contribution >= 0.6 is 0 Å². The minimum atomic E-state index is 0.0727. The van der Waals surface area contributed by atoms with Crippen molar-refractivity contribution < 1.29 is 4.42 Å². The Morgan fingerprint density at radius 3 is 2.67 bits per heavy atom. The van der Waals surface area contributed by atoms with Crippen LogP contribution in [0.1, 0.15) is 0 Å². The first-order chi connectivity index (χ1) is 7.22. The Morgan fingerprint density at radius 1 is 1.27 bits per heavy atom. The summed E-state index contributed by atoms with van der Waals surface area (Å²) in [4.78, 5) is 7.80. The Balaban J connectivity index is 2.61. The zero-order chi connectivity index (χ0) is 10.8. The van der Waals surface area contributed by atoms with Gasteiger partial charge in [-0.25, -0.2) is 10.8 Å². The van der Waals surface area contributed by atoms with Gasteiger partial charge in [0.25, 0.3) is 0 Å². The molecule has 0 saturated carbocycles. The molecule has 0 radical (unpaired) electrons. The van der Waals surface area contributed by atoms with E-state index in [1.54, 1.807) is 12.1 Å². The molecular weight excluding hydrogens is 196 g/mol. The van der Waals surface area contributed by atoms with E-state index in [1.165, 1.54) is 6.26 Å². The number of hydrogen-bond donors (Lipinski definition) is 4. The van der Waals surface area contributed by atoms with Crippen molar-refractivity contribution in [2.24, 2.45) is 5.84 Å². The van der Waals surface area contributed by atoms with E-state index in [2.05, 4.69) is 15.4 Å². The molecule has 2 aromatic heterocycles. The van der Waals surface area contributed by atoms with Crippen LogP contribution in [0.2, 0.25) is 0 Å². The number of hydrogen-bond acceptors (Lipinski definition) is 7. The maximum atomic E-state index is 5.77. The second-order valence-electron chi connectivity index (χ2n) is 2.81. The quantitative estimate of drug-likeness (QED) is 0.407. The lowest BCUT2D eigenvalue weighted by Gasteiger charge is -2.07. The van der Waals surface area contributed by atoms with Gasteiger partial charge in [-0.15, -0.1) is 0 Å². The molecule has 7 heteroatoms. The summed E-state index contributed by atoms with van der Waals surface area (Å²) in [5.41, 5.74) is 14.3. The third-order valence-electron chi connectivity index (χ3n) is 1.85. The molecule has 15 heavy (non-hydrogen) atoms. The van der Waals surface area contributed by atoms with Gasteiger partial charge in [-0.2, -0.15) is 4.98 Å². The highest BCUT2D eigenvalue weighted by atomic mass is 16.3. The van der Waals surface area contributed by atoms with Gasteiger partial charge in [0.05, 0.1) is 6.26 Å². The standard InChI is InChI=1S/C8H10N6O/c9-5-6(4-2-1-3-15-4)12-8(10)13-7(5)14-11/h1-3H,9,11H2,(H3,10,12,13,14). The van der Waals surface area contributed by atoms with Crippen LogP contribution in [0.3, 0.4) is 0 Å². The summed E-state index contributed by atoms with van der Waals surface area (Å²) in [5.74, 6) is 6.09. The predicted molar refractivity (Wildman–Crippen MR) is 56.4 cm³/mol. The average molecular weight is 206 g/mol. The summed E-state index contributed by atoms with van der Waals surface area (Å²) in [6, 6.07) is 3.45. The van der Waals surface area contributed by atoms with Crippen LogP contribution in [0, 0.1) is 0 Å². The second-order valence-corrected chi connectivity index (χ2v) is 2.81. The molecule has 0 aliphatic carbocycles. The summed E-state index contributed by atoms with van der Waals surface area (Å²) in [7, 11) is 0. The van der Waals surface area contributed by atoms with Crippen molar-refractivity contribution in [1.29, 1.82) is 0 Å². The highest BCUT2D eigenvalue weighted by Crippen LogP contribution is 2.29. The second kappa shape index (κ2) is 3.46. The molecule has 7 N–H and O–H groups in total. The number of anilines is 3. The van der Waals surface area contributed by atoms with Crippen LogP contribution < -0.4 is 22.7 Å². The number of furan rings is 1. The molecule has 2 aromatic rings. The van der Waals surface area contributed by atoms with E-state index in [9.17, 15) is 0 Å². The fourth-order valence-electron chi connectivity index (χ4n) is 1.20. The third-order valence-corrected chi connectivity index (χ3v) is 1.85. The predicted octanol–water partition coefficient (Wildman–Crippen LogP) is 0.187. The Morgan fingerprint density at radius 2 is 2.07 bits per heavy atom. The van der Waals surface area contributed by atoms with Crippen molar-refractivity contribution in [1.82, 2.24) is 9.97 Å². The largest absolute Gasteiger partial charge is 0.463 e. The number of hydrazine groups is 1. The minimum absolute atomic E-state index is 0.0727. The molecule has 0 amide bonds. The molecule has 0 unspecified atom stereocenters. The van der Waals surface area contributed by atoms with E-state index in [4.69, 9.17) is 21.7 Å². The van der Waals surface area contributed by atoms with Gasteiger partial charge in [0.1, 0.15) is 11.4 Å². The van der Waals surface area contributed by atoms with Crippen LogP contribution in [0.4, 0.5) is 17.5 Å². The first-order valence-corrected chi connectivity index (χ1v) is 4.16. The van der Waals surface area contributed by atoms with Gasteiger partial charge in [-0.1, -0.05) is 0 Å². The Hall–Kier alpha value is -2.28. The average Bonchev–Trinajstić information content (AvgIpc) is 2.74. The first-order valence-electron chi connectivity index (χ1n) is 4.16. The maximum absolute atomic E-state index is 5.77. The molecular formula is C8H10N6O. The monoisotopic (exact) mass is 206 g/mol. The zero-order valence-electron chi connectivity index (χ0n) is 7.77. The van der Waals surface area contributed by atoms with Crippen molar-refractivity contribution >= 4 is 17.5 Å². The van der Waals surface area contributed by atoms with E-state index >= 15 is 0 Å². The summed E-state index contributed by atoms with van der Waals surface area (Å²) < 4.78 is 5.16. The van der Waals surface area contributed by atoms with Gasteiger partial charge in [0.15, 0.2) is 11.6 Å². The third kappa shape index (κ3) is 1.55. The lowest BCUT2D eigenvalue weighted by atomic mass is 10.2. The highest BCUT2D eigenvalue weighted by Gasteiger charge is 2.13. The van der Waals surface area contributed by atoms with E-state index in [1.807, 2.05) is 0 Å². The topological polar surface area (TPSA) is 129 Å². The van der Waals surface area contributed by atoms with Crippen molar-refractivity contribution in [3.63, 3.8) is 0 Å². The van der Waals surface area contributed by atoms with Crippen LogP contribution in [-0.2, 0) is 0 Å². The SMILES string of the molecule is NNc1nc(N)nc(-c2ccco2)c1N. The van der Waals surface area contributed by atoms with Gasteiger partial charge in [0, 0.05) is 0 Å². The smallest absolute Gasteiger partial charge is 0.222 e. The van der Waals surface area contributed by atoms with Crippen LogP contribution in [0.25, 0.3) is 11.5 Å². The molecule has 0 spiro atoms. The number of rotatable bonds is 2. The molecule has 0 aliphatic heterocycles. The molecule has 0 aromatic carbocycles. The summed E-state index contributed by atoms with van der Waals surface area (Å²) in [5, 5.41) is 0. The molecule has 7 nitrogen and oxygen atoms in total. The zero-order valence-corrected chi connectivity index (χ0v) is 7.77.